The van der Waals surface area contributed by atoms with Crippen molar-refractivity contribution in [1.29, 1.82) is 0 Å². The van der Waals surface area contributed by atoms with Gasteiger partial charge in [0.25, 0.3) is 0 Å². The summed E-state index contributed by atoms with van der Waals surface area (Å²) in [4.78, 5) is 16.1. The fourth-order valence-corrected chi connectivity index (χ4v) is 3.27. The molecule has 0 atom stereocenters. The molecule has 2 aliphatic heterocycles. The molecule has 4 nitrogen and oxygen atoms in total. The molecule has 2 fully saturated rings. The fraction of sp³-hybridized carbons (Fsp3) is 0.933. The Bertz CT molecular complexity index is 279. The third kappa shape index (κ3) is 5.11. The Morgan fingerprint density at radius 2 is 1.47 bits per heavy atom. The molecule has 0 aromatic carbocycles. The minimum Gasteiger partial charge on any atom is -0.370 e. The zero-order valence-corrected chi connectivity index (χ0v) is 12.3. The molecule has 110 valence electrons. The summed E-state index contributed by atoms with van der Waals surface area (Å²) >= 11 is 0. The minimum atomic E-state index is -0.138. The van der Waals surface area contributed by atoms with Gasteiger partial charge in [0.15, 0.2) is 0 Å². The van der Waals surface area contributed by atoms with E-state index in [9.17, 15) is 4.79 Å². The Morgan fingerprint density at radius 3 is 1.95 bits per heavy atom. The minimum absolute atomic E-state index is 0.138. The summed E-state index contributed by atoms with van der Waals surface area (Å²) in [7, 11) is 0. The summed E-state index contributed by atoms with van der Waals surface area (Å²) in [6, 6.07) is 0. The average molecular weight is 267 g/mol. The van der Waals surface area contributed by atoms with Gasteiger partial charge in [-0.05, 0) is 63.7 Å². The van der Waals surface area contributed by atoms with Crippen LogP contribution < -0.4 is 5.73 Å². The summed E-state index contributed by atoms with van der Waals surface area (Å²) in [6.07, 6.45) is 5.58. The third-order valence-electron chi connectivity index (χ3n) is 4.81. The zero-order chi connectivity index (χ0) is 13.7. The topological polar surface area (TPSA) is 49.6 Å². The van der Waals surface area contributed by atoms with Crippen LogP contribution in [0.25, 0.3) is 0 Å². The standard InChI is InChI=1S/C15H29N3O/c1-13-2-6-17(7-3-13)10-11-18-8-4-14(5-9-18)12-15(16)19/h13-14H,2-12H2,1H3,(H2,16,19). The summed E-state index contributed by atoms with van der Waals surface area (Å²) < 4.78 is 0. The quantitative estimate of drug-likeness (QED) is 0.817. The summed E-state index contributed by atoms with van der Waals surface area (Å²) in [5.41, 5.74) is 5.27. The Hall–Kier alpha value is -0.610. The van der Waals surface area contributed by atoms with E-state index >= 15 is 0 Å². The molecule has 0 bridgehead atoms. The van der Waals surface area contributed by atoms with Crippen LogP contribution in [0.15, 0.2) is 0 Å². The first kappa shape index (κ1) is 14.8. The lowest BCUT2D eigenvalue weighted by Gasteiger charge is -2.35. The number of amides is 1. The predicted octanol–water partition coefficient (Wildman–Crippen LogP) is 1.31. The molecule has 2 aliphatic rings. The van der Waals surface area contributed by atoms with E-state index in [1.54, 1.807) is 0 Å². The van der Waals surface area contributed by atoms with Crippen LogP contribution in [0.2, 0.25) is 0 Å². The SMILES string of the molecule is CC1CCN(CCN2CCC(CC(N)=O)CC2)CC1. The lowest BCUT2D eigenvalue weighted by molar-refractivity contribution is -0.119. The molecular formula is C15H29N3O. The highest BCUT2D eigenvalue weighted by Crippen LogP contribution is 2.20. The third-order valence-corrected chi connectivity index (χ3v) is 4.81. The molecule has 4 heteroatoms. The molecule has 0 spiro atoms. The maximum absolute atomic E-state index is 10.9. The number of nitrogens with two attached hydrogens (primary N) is 1. The van der Waals surface area contributed by atoms with E-state index < -0.39 is 0 Å². The van der Waals surface area contributed by atoms with Gasteiger partial charge in [-0.1, -0.05) is 6.92 Å². The van der Waals surface area contributed by atoms with Crippen LogP contribution >= 0.6 is 0 Å². The lowest BCUT2D eigenvalue weighted by atomic mass is 9.93. The monoisotopic (exact) mass is 267 g/mol. The Balaban J connectivity index is 1.59. The molecule has 0 aromatic rings. The predicted molar refractivity (Wildman–Crippen MR) is 77.8 cm³/mol. The van der Waals surface area contributed by atoms with Crippen LogP contribution in [-0.4, -0.2) is 55.0 Å². The molecule has 0 saturated carbocycles. The van der Waals surface area contributed by atoms with Crippen molar-refractivity contribution in [3.05, 3.63) is 0 Å². The summed E-state index contributed by atoms with van der Waals surface area (Å²) in [5.74, 6) is 1.31. The Kier molecular flexibility index (Phi) is 5.64. The highest BCUT2D eigenvalue weighted by molar-refractivity contribution is 5.73. The van der Waals surface area contributed by atoms with E-state index in [0.717, 1.165) is 31.8 Å². The largest absolute Gasteiger partial charge is 0.370 e. The number of carbonyl (C=O) groups is 1. The first-order valence-corrected chi connectivity index (χ1v) is 7.86. The van der Waals surface area contributed by atoms with Crippen LogP contribution in [0.3, 0.4) is 0 Å². The molecule has 2 rings (SSSR count). The van der Waals surface area contributed by atoms with Crippen LogP contribution in [0.5, 0.6) is 0 Å². The van der Waals surface area contributed by atoms with E-state index in [2.05, 4.69) is 16.7 Å². The maximum Gasteiger partial charge on any atom is 0.217 e. The van der Waals surface area contributed by atoms with Crippen LogP contribution in [0.4, 0.5) is 0 Å². The van der Waals surface area contributed by atoms with Crippen LogP contribution in [-0.2, 0) is 4.79 Å². The van der Waals surface area contributed by atoms with Gasteiger partial charge >= 0.3 is 0 Å². The van der Waals surface area contributed by atoms with Gasteiger partial charge in [0, 0.05) is 19.5 Å². The number of piperidine rings is 2. The normalized spacial score (nSPS) is 24.7. The van der Waals surface area contributed by atoms with E-state index in [0.29, 0.717) is 12.3 Å². The second-order valence-corrected chi connectivity index (χ2v) is 6.48. The molecule has 0 aliphatic carbocycles. The Morgan fingerprint density at radius 1 is 1.00 bits per heavy atom. The molecule has 2 saturated heterocycles. The van der Waals surface area contributed by atoms with Gasteiger partial charge in [0.1, 0.15) is 0 Å². The molecule has 0 unspecified atom stereocenters. The fourth-order valence-electron chi connectivity index (χ4n) is 3.27. The van der Waals surface area contributed by atoms with Crippen molar-refractivity contribution in [2.24, 2.45) is 17.6 Å². The molecule has 1 amide bonds. The van der Waals surface area contributed by atoms with Crippen LogP contribution in [0, 0.1) is 11.8 Å². The van der Waals surface area contributed by atoms with Crippen molar-refractivity contribution < 1.29 is 4.79 Å². The van der Waals surface area contributed by atoms with Gasteiger partial charge in [-0.2, -0.15) is 0 Å². The maximum atomic E-state index is 10.9. The number of hydrogen-bond acceptors (Lipinski definition) is 3. The van der Waals surface area contributed by atoms with Gasteiger partial charge in [-0.3, -0.25) is 4.79 Å². The van der Waals surface area contributed by atoms with Gasteiger partial charge in [0.05, 0.1) is 0 Å². The molecule has 0 radical (unpaired) electrons. The first-order valence-electron chi connectivity index (χ1n) is 7.86. The highest BCUT2D eigenvalue weighted by Gasteiger charge is 2.21. The van der Waals surface area contributed by atoms with Gasteiger partial charge in [-0.25, -0.2) is 0 Å². The summed E-state index contributed by atoms with van der Waals surface area (Å²) in [5, 5.41) is 0. The van der Waals surface area contributed by atoms with Crippen molar-refractivity contribution in [2.75, 3.05) is 39.3 Å². The summed E-state index contributed by atoms with van der Waals surface area (Å²) in [6.45, 7) is 9.61. The number of hydrogen-bond donors (Lipinski definition) is 1. The molecule has 2 N–H and O–H groups in total. The van der Waals surface area contributed by atoms with Crippen molar-refractivity contribution in [2.45, 2.75) is 39.0 Å². The van der Waals surface area contributed by atoms with E-state index in [-0.39, 0.29) is 5.91 Å². The van der Waals surface area contributed by atoms with Crippen molar-refractivity contribution >= 4 is 5.91 Å². The number of nitrogens with zero attached hydrogens (tertiary/aromatic N) is 2. The van der Waals surface area contributed by atoms with Crippen LogP contribution in [0.1, 0.15) is 39.0 Å². The smallest absolute Gasteiger partial charge is 0.217 e. The van der Waals surface area contributed by atoms with E-state index in [4.69, 9.17) is 5.73 Å². The number of carbonyl (C=O) groups excluding carboxylic acids is 1. The lowest BCUT2D eigenvalue weighted by Crippen LogP contribution is -2.42. The van der Waals surface area contributed by atoms with Crippen molar-refractivity contribution in [3.63, 3.8) is 0 Å². The Labute approximate surface area is 117 Å². The number of rotatable bonds is 5. The number of likely N-dealkylation sites (tertiary alicyclic amines) is 2. The van der Waals surface area contributed by atoms with Crippen molar-refractivity contribution in [1.82, 2.24) is 9.80 Å². The first-order chi connectivity index (χ1) is 9.13. The molecular weight excluding hydrogens is 238 g/mol. The van der Waals surface area contributed by atoms with Gasteiger partial charge in [-0.15, -0.1) is 0 Å². The zero-order valence-electron chi connectivity index (χ0n) is 12.3. The van der Waals surface area contributed by atoms with Gasteiger partial charge in [0.2, 0.25) is 5.91 Å². The average Bonchev–Trinajstić information content (AvgIpc) is 2.39. The molecule has 19 heavy (non-hydrogen) atoms. The second kappa shape index (κ2) is 7.25. The second-order valence-electron chi connectivity index (χ2n) is 6.48. The molecule has 0 aromatic heterocycles. The molecule has 2 heterocycles. The van der Waals surface area contributed by atoms with Gasteiger partial charge < -0.3 is 15.5 Å². The van der Waals surface area contributed by atoms with E-state index in [1.807, 2.05) is 0 Å². The van der Waals surface area contributed by atoms with E-state index in [1.165, 1.54) is 39.0 Å². The highest BCUT2D eigenvalue weighted by atomic mass is 16.1. The van der Waals surface area contributed by atoms with Crippen molar-refractivity contribution in [3.8, 4) is 0 Å². The number of primary amides is 1.